The zero-order valence-electron chi connectivity index (χ0n) is 18.6. The average molecular weight is 437 g/mol. The lowest BCUT2D eigenvalue weighted by molar-refractivity contribution is -0.0414. The zero-order chi connectivity index (χ0) is 22.7. The molecule has 0 radical (unpaired) electrons. The minimum atomic E-state index is -0.417. The Balaban J connectivity index is 1.79. The molecule has 0 aliphatic carbocycles. The number of aromatic nitrogens is 2. The van der Waals surface area contributed by atoms with Crippen molar-refractivity contribution >= 4 is 6.03 Å². The molecule has 2 aromatic carbocycles. The quantitative estimate of drug-likeness (QED) is 0.470. The van der Waals surface area contributed by atoms with Gasteiger partial charge in [-0.05, 0) is 73.9 Å². The molecule has 2 heterocycles. The first kappa shape index (κ1) is 21.7. The van der Waals surface area contributed by atoms with Gasteiger partial charge in [-0.3, -0.25) is 5.21 Å². The molecule has 1 unspecified atom stereocenters. The number of rotatable bonds is 5. The van der Waals surface area contributed by atoms with Gasteiger partial charge in [0.15, 0.2) is 0 Å². The molecule has 2 amide bonds. The summed E-state index contributed by atoms with van der Waals surface area (Å²) >= 11 is 0. The van der Waals surface area contributed by atoms with Crippen LogP contribution in [0.5, 0.6) is 11.5 Å². The number of hydrogen-bond acceptors (Lipinski definition) is 5. The molecule has 1 aromatic heterocycles. The lowest BCUT2D eigenvalue weighted by Crippen LogP contribution is -2.44. The van der Waals surface area contributed by atoms with Gasteiger partial charge in [-0.25, -0.2) is 14.5 Å². The third kappa shape index (κ3) is 4.27. The number of piperidine rings is 1. The Hall–Kier alpha value is -3.52. The third-order valence-electron chi connectivity index (χ3n) is 5.80. The fraction of sp³-hybridized carbons (Fsp3) is 0.333. The van der Waals surface area contributed by atoms with Crippen LogP contribution in [0, 0.1) is 0 Å². The molecule has 3 aromatic rings. The topological polar surface area (TPSA) is 80.1 Å². The number of hydroxylamine groups is 2. The number of amides is 2. The predicted octanol–water partition coefficient (Wildman–Crippen LogP) is 4.52. The maximum atomic E-state index is 12.6. The first-order valence-electron chi connectivity index (χ1n) is 10.6. The summed E-state index contributed by atoms with van der Waals surface area (Å²) < 4.78 is 12.5. The third-order valence-corrected chi connectivity index (χ3v) is 5.80. The summed E-state index contributed by atoms with van der Waals surface area (Å²) in [6.45, 7) is 0.585. The molecule has 0 bridgehead atoms. The summed E-state index contributed by atoms with van der Waals surface area (Å²) in [5, 5.41) is 15.3. The Morgan fingerprint density at radius 2 is 1.66 bits per heavy atom. The Labute approximate surface area is 187 Å². The number of carbonyl (C=O) groups is 1. The number of hydrogen-bond donors (Lipinski definition) is 1. The molecule has 1 N–H and O–H groups in total. The van der Waals surface area contributed by atoms with E-state index in [0.29, 0.717) is 11.6 Å². The maximum Gasteiger partial charge on any atom is 0.344 e. The van der Waals surface area contributed by atoms with Gasteiger partial charge < -0.3 is 14.4 Å². The lowest BCUT2D eigenvalue weighted by Gasteiger charge is -2.35. The molecular weight excluding hydrogens is 408 g/mol. The number of carbonyl (C=O) groups excluding carboxylic acids is 1. The molecular formula is C24H28N4O4. The van der Waals surface area contributed by atoms with Gasteiger partial charge in [0.1, 0.15) is 11.5 Å². The highest BCUT2D eigenvalue weighted by molar-refractivity contribution is 5.73. The second-order valence-corrected chi connectivity index (χ2v) is 7.80. The monoisotopic (exact) mass is 436 g/mol. The van der Waals surface area contributed by atoms with Crippen LogP contribution >= 0.6 is 0 Å². The van der Waals surface area contributed by atoms with E-state index in [4.69, 9.17) is 14.6 Å². The van der Waals surface area contributed by atoms with Crippen LogP contribution in [-0.2, 0) is 0 Å². The van der Waals surface area contributed by atoms with Crippen molar-refractivity contribution in [3.05, 3.63) is 60.3 Å². The van der Waals surface area contributed by atoms with Gasteiger partial charge in [0, 0.05) is 19.2 Å². The Bertz CT molecular complexity index is 996. The van der Waals surface area contributed by atoms with Gasteiger partial charge in [0.05, 0.1) is 37.3 Å². The van der Waals surface area contributed by atoms with E-state index in [0.717, 1.165) is 53.4 Å². The first-order valence-corrected chi connectivity index (χ1v) is 10.6. The van der Waals surface area contributed by atoms with Gasteiger partial charge in [-0.1, -0.05) is 0 Å². The summed E-state index contributed by atoms with van der Waals surface area (Å²) in [6.07, 6.45) is 2.69. The van der Waals surface area contributed by atoms with E-state index in [-0.39, 0.29) is 6.04 Å². The number of likely N-dealkylation sites (tertiary alicyclic amines) is 1. The van der Waals surface area contributed by atoms with Crippen LogP contribution in [0.15, 0.2) is 54.6 Å². The molecule has 1 aliphatic heterocycles. The van der Waals surface area contributed by atoms with Crippen LogP contribution in [0.25, 0.3) is 16.9 Å². The van der Waals surface area contributed by atoms with Crippen LogP contribution < -0.4 is 9.47 Å². The van der Waals surface area contributed by atoms with Crippen LogP contribution in [0.1, 0.15) is 31.0 Å². The minimum Gasteiger partial charge on any atom is -0.497 e. The number of ether oxygens (including phenoxy) is 2. The number of methoxy groups -OCH3 is 2. The van der Waals surface area contributed by atoms with E-state index < -0.39 is 6.03 Å². The highest BCUT2D eigenvalue weighted by atomic mass is 16.5. The van der Waals surface area contributed by atoms with E-state index in [1.54, 1.807) is 19.1 Å². The van der Waals surface area contributed by atoms with E-state index in [1.807, 2.05) is 59.3 Å². The summed E-state index contributed by atoms with van der Waals surface area (Å²) in [6, 6.07) is 16.9. The molecule has 8 heteroatoms. The zero-order valence-corrected chi connectivity index (χ0v) is 18.6. The highest BCUT2D eigenvalue weighted by Gasteiger charge is 2.32. The molecule has 168 valence electrons. The second-order valence-electron chi connectivity index (χ2n) is 7.80. The predicted molar refractivity (Wildman–Crippen MR) is 120 cm³/mol. The maximum absolute atomic E-state index is 12.6. The summed E-state index contributed by atoms with van der Waals surface area (Å²) in [5.74, 6) is 1.54. The van der Waals surface area contributed by atoms with Crippen molar-refractivity contribution in [1.82, 2.24) is 19.7 Å². The first-order chi connectivity index (χ1) is 15.5. The number of benzene rings is 2. The van der Waals surface area contributed by atoms with Crippen molar-refractivity contribution in [2.24, 2.45) is 0 Å². The molecule has 1 aliphatic rings. The van der Waals surface area contributed by atoms with E-state index in [2.05, 4.69) is 0 Å². The molecule has 1 atom stereocenters. The SMILES string of the molecule is COc1ccc(-c2cc(C3CCCCN3C(=O)N(C)O)nn2-c2ccc(OC)cc2)cc1. The molecule has 4 rings (SSSR count). The largest absolute Gasteiger partial charge is 0.497 e. The van der Waals surface area contributed by atoms with Crippen molar-refractivity contribution in [2.45, 2.75) is 25.3 Å². The van der Waals surface area contributed by atoms with Crippen LogP contribution in [0.4, 0.5) is 4.79 Å². The van der Waals surface area contributed by atoms with Crippen molar-refractivity contribution < 1.29 is 19.5 Å². The molecule has 1 fully saturated rings. The molecule has 1 saturated heterocycles. The van der Waals surface area contributed by atoms with Crippen molar-refractivity contribution in [2.75, 3.05) is 27.8 Å². The van der Waals surface area contributed by atoms with Gasteiger partial charge in [-0.15, -0.1) is 0 Å². The van der Waals surface area contributed by atoms with Crippen molar-refractivity contribution in [3.63, 3.8) is 0 Å². The van der Waals surface area contributed by atoms with Crippen LogP contribution in [0.2, 0.25) is 0 Å². The van der Waals surface area contributed by atoms with E-state index >= 15 is 0 Å². The smallest absolute Gasteiger partial charge is 0.344 e. The highest BCUT2D eigenvalue weighted by Crippen LogP contribution is 2.35. The van der Waals surface area contributed by atoms with E-state index in [1.165, 1.54) is 7.05 Å². The molecule has 8 nitrogen and oxygen atoms in total. The van der Waals surface area contributed by atoms with E-state index in [9.17, 15) is 10.0 Å². The second kappa shape index (κ2) is 9.32. The van der Waals surface area contributed by atoms with Gasteiger partial charge in [0.25, 0.3) is 0 Å². The molecule has 0 spiro atoms. The fourth-order valence-electron chi connectivity index (χ4n) is 4.10. The van der Waals surface area contributed by atoms with Crippen molar-refractivity contribution in [3.8, 4) is 28.4 Å². The average Bonchev–Trinajstić information content (AvgIpc) is 3.29. The summed E-state index contributed by atoms with van der Waals surface area (Å²) in [7, 11) is 4.63. The van der Waals surface area contributed by atoms with Crippen LogP contribution in [-0.4, -0.2) is 58.8 Å². The van der Waals surface area contributed by atoms with Gasteiger partial charge in [0.2, 0.25) is 0 Å². The van der Waals surface area contributed by atoms with Gasteiger partial charge in [-0.2, -0.15) is 5.10 Å². The van der Waals surface area contributed by atoms with Gasteiger partial charge >= 0.3 is 6.03 Å². The Morgan fingerprint density at radius 1 is 1.03 bits per heavy atom. The Kier molecular flexibility index (Phi) is 6.32. The summed E-state index contributed by atoms with van der Waals surface area (Å²) in [4.78, 5) is 14.3. The number of nitrogens with zero attached hydrogens (tertiary/aromatic N) is 4. The fourth-order valence-corrected chi connectivity index (χ4v) is 4.10. The Morgan fingerprint density at radius 3 is 2.25 bits per heavy atom. The summed E-state index contributed by atoms with van der Waals surface area (Å²) in [5.41, 5.74) is 3.56. The minimum absolute atomic E-state index is 0.206. The van der Waals surface area contributed by atoms with Crippen molar-refractivity contribution in [1.29, 1.82) is 0 Å². The number of urea groups is 1. The molecule has 32 heavy (non-hydrogen) atoms. The normalized spacial score (nSPS) is 16.0. The lowest BCUT2D eigenvalue weighted by atomic mass is 9.99. The van der Waals surface area contributed by atoms with Crippen LogP contribution in [0.3, 0.4) is 0 Å². The molecule has 0 saturated carbocycles. The standard InChI is InChI=1S/C24H28N4O4/c1-26(30)24(29)27-15-5-4-6-22(27)21-16-23(17-7-11-19(31-2)12-8-17)28(25-21)18-9-13-20(32-3)14-10-18/h7-14,16,22,30H,4-6,15H2,1-3H3.